The maximum Gasteiger partial charge on any atom is 0.417 e. The number of hydrogen-bond donors (Lipinski definition) is 2. The summed E-state index contributed by atoms with van der Waals surface area (Å²) in [6.45, 7) is 0. The zero-order chi connectivity index (χ0) is 12.5. The number of halogens is 3. The standard InChI is InChI=1S/C9H5F3O4.Co/c10-9(11,12)6-3-4(7(13)14)1-2-5(6)8(15)16;/h1-3H,(H,13,14)(H,15,16);. The van der Waals surface area contributed by atoms with Gasteiger partial charge in [-0.2, -0.15) is 13.2 Å². The summed E-state index contributed by atoms with van der Waals surface area (Å²) >= 11 is 0. The number of rotatable bonds is 2. The number of carboxylic acids is 2. The fourth-order valence-corrected chi connectivity index (χ4v) is 1.10. The number of carbonyl (C=O) groups is 2. The van der Waals surface area contributed by atoms with E-state index >= 15 is 0 Å². The topological polar surface area (TPSA) is 74.6 Å². The number of benzene rings is 1. The summed E-state index contributed by atoms with van der Waals surface area (Å²) < 4.78 is 37.2. The fraction of sp³-hybridized carbons (Fsp3) is 0.111. The zero-order valence-corrected chi connectivity index (χ0v) is 8.95. The van der Waals surface area contributed by atoms with E-state index in [4.69, 9.17) is 10.2 Å². The van der Waals surface area contributed by atoms with Gasteiger partial charge in [-0.25, -0.2) is 9.59 Å². The second-order valence-electron chi connectivity index (χ2n) is 2.87. The Balaban J connectivity index is 0.00000256. The molecule has 0 fully saturated rings. The van der Waals surface area contributed by atoms with Crippen molar-refractivity contribution in [3.8, 4) is 0 Å². The molecule has 1 radical (unpaired) electrons. The molecule has 0 spiro atoms. The average molecular weight is 293 g/mol. The van der Waals surface area contributed by atoms with Crippen LogP contribution in [0.1, 0.15) is 26.3 Å². The summed E-state index contributed by atoms with van der Waals surface area (Å²) in [6.07, 6.45) is -4.90. The minimum absolute atomic E-state index is 0. The molecule has 1 aromatic rings. The molecule has 1 aromatic carbocycles. The number of hydrogen-bond acceptors (Lipinski definition) is 2. The number of carboxylic acid groups (broad SMARTS) is 2. The Labute approximate surface area is 103 Å². The van der Waals surface area contributed by atoms with E-state index in [1.54, 1.807) is 0 Å². The van der Waals surface area contributed by atoms with E-state index in [2.05, 4.69) is 0 Å². The molecule has 0 aliphatic carbocycles. The van der Waals surface area contributed by atoms with Crippen molar-refractivity contribution in [3.63, 3.8) is 0 Å². The van der Waals surface area contributed by atoms with Gasteiger partial charge in [0.05, 0.1) is 16.7 Å². The van der Waals surface area contributed by atoms with Gasteiger partial charge in [-0.3, -0.25) is 0 Å². The molecule has 17 heavy (non-hydrogen) atoms. The van der Waals surface area contributed by atoms with E-state index in [0.29, 0.717) is 12.1 Å². The summed E-state index contributed by atoms with van der Waals surface area (Å²) in [4.78, 5) is 20.9. The van der Waals surface area contributed by atoms with Gasteiger partial charge in [0.25, 0.3) is 0 Å². The zero-order valence-electron chi connectivity index (χ0n) is 7.91. The molecule has 0 aliphatic rings. The summed E-state index contributed by atoms with van der Waals surface area (Å²) in [7, 11) is 0. The largest absolute Gasteiger partial charge is 0.478 e. The van der Waals surface area contributed by atoms with Crippen LogP contribution in [0.2, 0.25) is 0 Å². The molecule has 1 rings (SSSR count). The molecule has 0 atom stereocenters. The van der Waals surface area contributed by atoms with Crippen LogP contribution in [0, 0.1) is 0 Å². The second-order valence-corrected chi connectivity index (χ2v) is 2.87. The van der Waals surface area contributed by atoms with Crippen molar-refractivity contribution in [2.24, 2.45) is 0 Å². The number of alkyl halides is 3. The summed E-state index contributed by atoms with van der Waals surface area (Å²) in [5.41, 5.74) is -3.06. The molecular formula is C9H5CoF3O4. The SMILES string of the molecule is O=C(O)c1ccc(C(=O)O)c(C(F)(F)F)c1.[Co]. The van der Waals surface area contributed by atoms with E-state index in [1.807, 2.05) is 0 Å². The third-order valence-corrected chi connectivity index (χ3v) is 1.80. The van der Waals surface area contributed by atoms with E-state index in [-0.39, 0.29) is 16.8 Å². The van der Waals surface area contributed by atoms with Gasteiger partial charge in [0.15, 0.2) is 0 Å². The minimum Gasteiger partial charge on any atom is -0.478 e. The van der Waals surface area contributed by atoms with Gasteiger partial charge in [-0.1, -0.05) is 0 Å². The maximum atomic E-state index is 12.4. The fourth-order valence-electron chi connectivity index (χ4n) is 1.10. The van der Waals surface area contributed by atoms with Crippen molar-refractivity contribution >= 4 is 11.9 Å². The second kappa shape index (κ2) is 5.19. The van der Waals surface area contributed by atoms with Crippen LogP contribution in [0.15, 0.2) is 18.2 Å². The van der Waals surface area contributed by atoms with Crippen LogP contribution in [-0.4, -0.2) is 22.2 Å². The average Bonchev–Trinajstić information content (AvgIpc) is 2.15. The van der Waals surface area contributed by atoms with Crippen molar-refractivity contribution in [1.82, 2.24) is 0 Å². The van der Waals surface area contributed by atoms with Crippen LogP contribution >= 0.6 is 0 Å². The molecule has 0 amide bonds. The number of aromatic carboxylic acids is 2. The molecule has 0 unspecified atom stereocenters. The van der Waals surface area contributed by atoms with E-state index in [0.717, 1.165) is 6.07 Å². The predicted molar refractivity (Wildman–Crippen MR) is 45.4 cm³/mol. The van der Waals surface area contributed by atoms with Crippen molar-refractivity contribution in [2.45, 2.75) is 6.18 Å². The molecule has 2 N–H and O–H groups in total. The molecule has 0 saturated carbocycles. The molecule has 0 aromatic heterocycles. The van der Waals surface area contributed by atoms with Gasteiger partial charge in [-0.05, 0) is 18.2 Å². The Morgan fingerprint density at radius 1 is 1.06 bits per heavy atom. The first-order chi connectivity index (χ1) is 7.23. The van der Waals surface area contributed by atoms with Crippen LogP contribution in [0.5, 0.6) is 0 Å². The van der Waals surface area contributed by atoms with Gasteiger partial charge in [0.2, 0.25) is 0 Å². The Bertz CT molecular complexity index is 456. The van der Waals surface area contributed by atoms with Crippen LogP contribution in [0.3, 0.4) is 0 Å². The first-order valence-electron chi connectivity index (χ1n) is 3.91. The van der Waals surface area contributed by atoms with Crippen LogP contribution in [0.25, 0.3) is 0 Å². The van der Waals surface area contributed by atoms with Gasteiger partial charge >= 0.3 is 18.1 Å². The molecule has 8 heteroatoms. The van der Waals surface area contributed by atoms with E-state index < -0.39 is 34.8 Å². The summed E-state index contributed by atoms with van der Waals surface area (Å²) in [5.74, 6) is -3.31. The smallest absolute Gasteiger partial charge is 0.417 e. The van der Waals surface area contributed by atoms with Crippen LogP contribution in [0.4, 0.5) is 13.2 Å². The van der Waals surface area contributed by atoms with Crippen molar-refractivity contribution in [3.05, 3.63) is 34.9 Å². The van der Waals surface area contributed by atoms with E-state index in [1.165, 1.54) is 0 Å². The normalized spacial score (nSPS) is 10.5. The van der Waals surface area contributed by atoms with Crippen LogP contribution < -0.4 is 0 Å². The Kier molecular flexibility index (Phi) is 4.72. The first-order valence-corrected chi connectivity index (χ1v) is 3.91. The third-order valence-electron chi connectivity index (χ3n) is 1.80. The maximum absolute atomic E-state index is 12.4. The van der Waals surface area contributed by atoms with Crippen molar-refractivity contribution in [2.75, 3.05) is 0 Å². The Morgan fingerprint density at radius 2 is 1.59 bits per heavy atom. The van der Waals surface area contributed by atoms with Crippen LogP contribution in [-0.2, 0) is 23.0 Å². The van der Waals surface area contributed by atoms with Gasteiger partial charge in [-0.15, -0.1) is 0 Å². The Morgan fingerprint density at radius 3 is 1.94 bits per heavy atom. The quantitative estimate of drug-likeness (QED) is 0.875. The van der Waals surface area contributed by atoms with E-state index in [9.17, 15) is 22.8 Å². The van der Waals surface area contributed by atoms with Gasteiger partial charge < -0.3 is 10.2 Å². The van der Waals surface area contributed by atoms with Gasteiger partial charge in [0.1, 0.15) is 0 Å². The Hall–Kier alpha value is -1.54. The molecular weight excluding hydrogens is 288 g/mol. The van der Waals surface area contributed by atoms with Gasteiger partial charge in [0, 0.05) is 16.8 Å². The molecule has 95 valence electrons. The summed E-state index contributed by atoms with van der Waals surface area (Å²) in [5, 5.41) is 17.0. The molecule has 4 nitrogen and oxygen atoms in total. The first kappa shape index (κ1) is 15.5. The monoisotopic (exact) mass is 293 g/mol. The predicted octanol–water partition coefficient (Wildman–Crippen LogP) is 2.10. The van der Waals surface area contributed by atoms with Crippen molar-refractivity contribution in [1.29, 1.82) is 0 Å². The third kappa shape index (κ3) is 3.46. The minimum atomic E-state index is -4.90. The summed E-state index contributed by atoms with van der Waals surface area (Å²) in [6, 6.07) is 1.72. The van der Waals surface area contributed by atoms with Crippen molar-refractivity contribution < 1.29 is 49.8 Å². The molecule has 0 heterocycles. The molecule has 0 bridgehead atoms. The molecule has 0 aliphatic heterocycles. The molecule has 0 saturated heterocycles.